The van der Waals surface area contributed by atoms with Gasteiger partial charge in [0, 0.05) is 0 Å². The lowest BCUT2D eigenvalue weighted by Crippen LogP contribution is -1.99. The second-order valence-corrected chi connectivity index (χ2v) is 2.69. The maximum absolute atomic E-state index is 12.9. The van der Waals surface area contributed by atoms with Gasteiger partial charge in [0.15, 0.2) is 11.6 Å². The molecule has 1 radical (unpaired) electrons. The zero-order valence-electron chi connectivity index (χ0n) is 7.44. The van der Waals surface area contributed by atoms with Crippen LogP contribution in [0.15, 0.2) is 12.1 Å². The van der Waals surface area contributed by atoms with Gasteiger partial charge in [0.1, 0.15) is 5.82 Å². The fourth-order valence-corrected chi connectivity index (χ4v) is 0.855. The average molecular weight is 185 g/mol. The topological polar surface area (TPSA) is 9.23 Å². The molecule has 3 heteroatoms. The van der Waals surface area contributed by atoms with Crippen LogP contribution in [0.3, 0.4) is 0 Å². The second-order valence-electron chi connectivity index (χ2n) is 2.69. The summed E-state index contributed by atoms with van der Waals surface area (Å²) in [6.07, 6.45) is 1.78. The van der Waals surface area contributed by atoms with E-state index in [1.54, 1.807) is 0 Å². The number of benzene rings is 1. The summed E-state index contributed by atoms with van der Waals surface area (Å²) in [6.45, 7) is 2.39. The molecule has 0 fully saturated rings. The Bertz CT molecular complexity index is 274. The Hall–Kier alpha value is -1.12. The number of halogens is 2. The fraction of sp³-hybridized carbons (Fsp3) is 0.400. The van der Waals surface area contributed by atoms with Gasteiger partial charge in [0.05, 0.1) is 12.7 Å². The molecule has 0 saturated heterocycles. The summed E-state index contributed by atoms with van der Waals surface area (Å²) in [6, 6.07) is 4.22. The number of hydrogen-bond donors (Lipinski definition) is 0. The van der Waals surface area contributed by atoms with Crippen LogP contribution in [-0.2, 0) is 0 Å². The molecule has 0 aliphatic heterocycles. The summed E-state index contributed by atoms with van der Waals surface area (Å²) in [5.74, 6) is -1.31. The van der Waals surface area contributed by atoms with Gasteiger partial charge in [-0.05, 0) is 18.6 Å². The van der Waals surface area contributed by atoms with Crippen molar-refractivity contribution in [2.45, 2.75) is 19.8 Å². The van der Waals surface area contributed by atoms with Gasteiger partial charge < -0.3 is 4.74 Å². The molecule has 13 heavy (non-hydrogen) atoms. The fourth-order valence-electron chi connectivity index (χ4n) is 0.855. The maximum atomic E-state index is 12.9. The third kappa shape index (κ3) is 3.01. The van der Waals surface area contributed by atoms with Crippen LogP contribution >= 0.6 is 0 Å². The second kappa shape index (κ2) is 4.80. The van der Waals surface area contributed by atoms with Crippen LogP contribution in [0.4, 0.5) is 8.78 Å². The predicted molar refractivity (Wildman–Crippen MR) is 45.6 cm³/mol. The van der Waals surface area contributed by atoms with Crippen molar-refractivity contribution in [1.82, 2.24) is 0 Å². The predicted octanol–water partition coefficient (Wildman–Crippen LogP) is 2.94. The average Bonchev–Trinajstić information content (AvgIpc) is 2.11. The smallest absolute Gasteiger partial charge is 0.165 e. The standard InChI is InChI=1S/C10H11F2O/c1-2-3-6-13-10-7-8(11)4-5-9(10)12/h4-5H,2-3,6H2,1H3. The molecular formula is C10H11F2O. The first kappa shape index (κ1) is 9.96. The lowest BCUT2D eigenvalue weighted by Gasteiger charge is -2.05. The van der Waals surface area contributed by atoms with Crippen LogP contribution in [0.2, 0.25) is 0 Å². The number of ether oxygens (including phenoxy) is 1. The van der Waals surface area contributed by atoms with Crippen LogP contribution in [0.5, 0.6) is 5.75 Å². The van der Waals surface area contributed by atoms with E-state index in [2.05, 4.69) is 6.07 Å². The molecule has 1 nitrogen and oxygen atoms in total. The van der Waals surface area contributed by atoms with Gasteiger partial charge in [-0.25, -0.2) is 8.78 Å². The SMILES string of the molecule is CCCCOc1[c]c(F)ccc1F. The quantitative estimate of drug-likeness (QED) is 0.655. The maximum Gasteiger partial charge on any atom is 0.165 e. The summed E-state index contributed by atoms with van der Waals surface area (Å²) in [5, 5.41) is 0. The van der Waals surface area contributed by atoms with E-state index < -0.39 is 11.6 Å². The first-order chi connectivity index (χ1) is 6.24. The van der Waals surface area contributed by atoms with E-state index >= 15 is 0 Å². The van der Waals surface area contributed by atoms with Crippen molar-refractivity contribution in [1.29, 1.82) is 0 Å². The number of rotatable bonds is 4. The Morgan fingerprint density at radius 3 is 2.85 bits per heavy atom. The Kier molecular flexibility index (Phi) is 3.68. The third-order valence-corrected chi connectivity index (χ3v) is 1.57. The van der Waals surface area contributed by atoms with E-state index in [9.17, 15) is 8.78 Å². The van der Waals surface area contributed by atoms with E-state index in [-0.39, 0.29) is 5.75 Å². The number of hydrogen-bond acceptors (Lipinski definition) is 1. The first-order valence-corrected chi connectivity index (χ1v) is 4.24. The van der Waals surface area contributed by atoms with Gasteiger partial charge in [-0.3, -0.25) is 0 Å². The Labute approximate surface area is 76.3 Å². The molecule has 1 aromatic rings. The Morgan fingerprint density at radius 2 is 2.15 bits per heavy atom. The molecular weight excluding hydrogens is 174 g/mol. The summed E-state index contributed by atoms with van der Waals surface area (Å²) >= 11 is 0. The number of unbranched alkanes of at least 4 members (excludes halogenated alkanes) is 1. The zero-order chi connectivity index (χ0) is 9.68. The largest absolute Gasteiger partial charge is 0.490 e. The lowest BCUT2D eigenvalue weighted by atomic mass is 10.3. The molecule has 1 rings (SSSR count). The molecule has 0 spiro atoms. The summed E-state index contributed by atoms with van der Waals surface area (Å²) in [7, 11) is 0. The van der Waals surface area contributed by atoms with E-state index in [1.807, 2.05) is 6.92 Å². The van der Waals surface area contributed by atoms with Gasteiger partial charge in [-0.2, -0.15) is 0 Å². The van der Waals surface area contributed by atoms with Crippen molar-refractivity contribution in [3.05, 3.63) is 29.8 Å². The monoisotopic (exact) mass is 185 g/mol. The highest BCUT2D eigenvalue weighted by molar-refractivity contribution is 5.23. The zero-order valence-corrected chi connectivity index (χ0v) is 7.44. The Morgan fingerprint density at radius 1 is 1.38 bits per heavy atom. The molecule has 0 N–H and O–H groups in total. The molecule has 71 valence electrons. The van der Waals surface area contributed by atoms with Gasteiger partial charge in [0.25, 0.3) is 0 Å². The molecule has 0 atom stereocenters. The molecule has 0 amide bonds. The van der Waals surface area contributed by atoms with Gasteiger partial charge in [-0.15, -0.1) is 0 Å². The minimum absolute atomic E-state index is 0.131. The van der Waals surface area contributed by atoms with Crippen LogP contribution in [-0.4, -0.2) is 6.61 Å². The normalized spacial score (nSPS) is 10.1. The minimum Gasteiger partial charge on any atom is -0.490 e. The molecule has 0 unspecified atom stereocenters. The highest BCUT2D eigenvalue weighted by Crippen LogP contribution is 2.17. The van der Waals surface area contributed by atoms with Crippen LogP contribution in [0.25, 0.3) is 0 Å². The summed E-state index contributed by atoms with van der Waals surface area (Å²) in [4.78, 5) is 0. The molecule has 0 saturated carbocycles. The molecule has 0 bridgehead atoms. The lowest BCUT2D eigenvalue weighted by molar-refractivity contribution is 0.291. The van der Waals surface area contributed by atoms with Crippen molar-refractivity contribution in [3.8, 4) is 5.75 Å². The highest BCUT2D eigenvalue weighted by atomic mass is 19.1. The van der Waals surface area contributed by atoms with Crippen molar-refractivity contribution < 1.29 is 13.5 Å². The van der Waals surface area contributed by atoms with Crippen LogP contribution < -0.4 is 4.74 Å². The van der Waals surface area contributed by atoms with Gasteiger partial charge in [-0.1, -0.05) is 13.3 Å². The first-order valence-electron chi connectivity index (χ1n) is 4.24. The summed E-state index contributed by atoms with van der Waals surface area (Å²) < 4.78 is 30.4. The van der Waals surface area contributed by atoms with E-state index in [1.165, 1.54) is 0 Å². The van der Waals surface area contributed by atoms with E-state index in [0.717, 1.165) is 25.0 Å². The van der Waals surface area contributed by atoms with Gasteiger partial charge >= 0.3 is 0 Å². The van der Waals surface area contributed by atoms with Gasteiger partial charge in [0.2, 0.25) is 0 Å². The van der Waals surface area contributed by atoms with Crippen molar-refractivity contribution in [2.24, 2.45) is 0 Å². The van der Waals surface area contributed by atoms with Crippen LogP contribution in [0.1, 0.15) is 19.8 Å². The molecule has 0 aliphatic carbocycles. The van der Waals surface area contributed by atoms with Crippen molar-refractivity contribution in [2.75, 3.05) is 6.61 Å². The minimum atomic E-state index is -0.604. The third-order valence-electron chi connectivity index (χ3n) is 1.57. The molecule has 0 aliphatic rings. The Balaban J connectivity index is 2.59. The van der Waals surface area contributed by atoms with E-state index in [0.29, 0.717) is 6.61 Å². The summed E-state index contributed by atoms with van der Waals surface area (Å²) in [5.41, 5.74) is 0. The molecule has 0 aromatic heterocycles. The van der Waals surface area contributed by atoms with E-state index in [4.69, 9.17) is 4.74 Å². The highest BCUT2D eigenvalue weighted by Gasteiger charge is 2.04. The van der Waals surface area contributed by atoms with Crippen molar-refractivity contribution in [3.63, 3.8) is 0 Å². The molecule has 1 aromatic carbocycles. The molecule has 0 heterocycles. The van der Waals surface area contributed by atoms with Crippen LogP contribution in [0, 0.1) is 17.7 Å². The van der Waals surface area contributed by atoms with Crippen molar-refractivity contribution >= 4 is 0 Å².